The summed E-state index contributed by atoms with van der Waals surface area (Å²) in [5.74, 6) is 1.36. The van der Waals surface area contributed by atoms with Crippen LogP contribution in [0.1, 0.15) is 19.8 Å². The number of para-hydroxylation sites is 1. The molecule has 0 spiro atoms. The third kappa shape index (κ3) is 4.48. The van der Waals surface area contributed by atoms with E-state index in [2.05, 4.69) is 4.72 Å². The van der Waals surface area contributed by atoms with Crippen LogP contribution in [0.3, 0.4) is 0 Å². The van der Waals surface area contributed by atoms with E-state index in [1.165, 1.54) is 6.92 Å². The second kappa shape index (κ2) is 7.11. The van der Waals surface area contributed by atoms with Crippen molar-refractivity contribution in [2.45, 2.75) is 25.8 Å². The zero-order valence-corrected chi connectivity index (χ0v) is 14.7. The first-order valence-electron chi connectivity index (χ1n) is 8.38. The van der Waals surface area contributed by atoms with Crippen LogP contribution in [0.2, 0.25) is 0 Å². The molecule has 1 saturated heterocycles. The third-order valence-corrected chi connectivity index (χ3v) is 6.10. The topological polar surface area (TPSA) is 75.7 Å². The molecular weight excluding hydrogens is 328 g/mol. The largest absolute Gasteiger partial charge is 0.492 e. The maximum Gasteiger partial charge on any atom is 0.219 e. The molecule has 0 aromatic heterocycles. The van der Waals surface area contributed by atoms with Crippen molar-refractivity contribution in [1.82, 2.24) is 9.62 Å². The summed E-state index contributed by atoms with van der Waals surface area (Å²) in [5.41, 5.74) is 0. The van der Waals surface area contributed by atoms with Crippen molar-refractivity contribution >= 4 is 15.9 Å². The Hall–Kier alpha value is -1.60. The van der Waals surface area contributed by atoms with E-state index in [4.69, 9.17) is 4.74 Å². The second-order valence-corrected chi connectivity index (χ2v) is 8.50. The standard InChI is InChI=1S/C17H24N2O4S/c1-13(20)19-11-16(14-7-8-14)17(12-19)18-24(21,22)10-9-23-15-5-3-2-4-6-15/h2-6,14,16-18H,7-12H2,1H3. The molecule has 1 N–H and O–H groups in total. The van der Waals surface area contributed by atoms with E-state index in [0.29, 0.717) is 24.8 Å². The Balaban J connectivity index is 1.54. The van der Waals surface area contributed by atoms with Gasteiger partial charge in [-0.3, -0.25) is 4.79 Å². The van der Waals surface area contributed by atoms with E-state index in [0.717, 1.165) is 12.8 Å². The van der Waals surface area contributed by atoms with Crippen LogP contribution in [0.25, 0.3) is 0 Å². The van der Waals surface area contributed by atoms with Gasteiger partial charge in [0.1, 0.15) is 12.4 Å². The summed E-state index contributed by atoms with van der Waals surface area (Å²) < 4.78 is 33.0. The Morgan fingerprint density at radius 3 is 2.58 bits per heavy atom. The number of rotatable bonds is 7. The number of carbonyl (C=O) groups is 1. The Morgan fingerprint density at radius 2 is 1.96 bits per heavy atom. The first-order valence-corrected chi connectivity index (χ1v) is 10.0. The lowest BCUT2D eigenvalue weighted by atomic mass is 9.99. The average Bonchev–Trinajstić information content (AvgIpc) is 3.29. The molecule has 2 fully saturated rings. The SMILES string of the molecule is CC(=O)N1CC(NS(=O)(=O)CCOc2ccccc2)C(C2CC2)C1. The molecule has 2 aliphatic rings. The number of nitrogens with one attached hydrogen (secondary N) is 1. The summed E-state index contributed by atoms with van der Waals surface area (Å²) in [7, 11) is -3.44. The van der Waals surface area contributed by atoms with Crippen LogP contribution in [-0.2, 0) is 14.8 Å². The fourth-order valence-electron chi connectivity index (χ4n) is 3.29. The first-order chi connectivity index (χ1) is 11.4. The van der Waals surface area contributed by atoms with Gasteiger partial charge in [-0.05, 0) is 36.8 Å². The average molecular weight is 352 g/mol. The van der Waals surface area contributed by atoms with Gasteiger partial charge in [0.05, 0.1) is 5.75 Å². The van der Waals surface area contributed by atoms with Gasteiger partial charge in [-0.2, -0.15) is 0 Å². The summed E-state index contributed by atoms with van der Waals surface area (Å²) in [6.07, 6.45) is 2.26. The lowest BCUT2D eigenvalue weighted by Crippen LogP contribution is -2.43. The van der Waals surface area contributed by atoms with Gasteiger partial charge in [0.15, 0.2) is 0 Å². The molecule has 2 atom stereocenters. The smallest absolute Gasteiger partial charge is 0.219 e. The molecule has 132 valence electrons. The molecule has 1 amide bonds. The van der Waals surface area contributed by atoms with E-state index in [1.807, 2.05) is 18.2 Å². The van der Waals surface area contributed by atoms with Crippen LogP contribution in [0.4, 0.5) is 0 Å². The van der Waals surface area contributed by atoms with Crippen molar-refractivity contribution in [1.29, 1.82) is 0 Å². The highest BCUT2D eigenvalue weighted by Gasteiger charge is 2.44. The van der Waals surface area contributed by atoms with Gasteiger partial charge >= 0.3 is 0 Å². The van der Waals surface area contributed by atoms with Gasteiger partial charge < -0.3 is 9.64 Å². The molecule has 6 nitrogen and oxygen atoms in total. The molecule has 1 aliphatic carbocycles. The molecule has 7 heteroatoms. The molecule has 1 aromatic rings. The van der Waals surface area contributed by atoms with Gasteiger partial charge in [-0.1, -0.05) is 18.2 Å². The maximum atomic E-state index is 12.3. The number of hydrogen-bond acceptors (Lipinski definition) is 4. The quantitative estimate of drug-likeness (QED) is 0.801. The Bertz CT molecular complexity index is 673. The van der Waals surface area contributed by atoms with Crippen molar-refractivity contribution in [2.75, 3.05) is 25.4 Å². The fourth-order valence-corrected chi connectivity index (χ4v) is 4.42. The number of nitrogens with zero attached hydrogens (tertiary/aromatic N) is 1. The van der Waals surface area contributed by atoms with E-state index in [1.54, 1.807) is 17.0 Å². The van der Waals surface area contributed by atoms with Crippen molar-refractivity contribution in [2.24, 2.45) is 11.8 Å². The maximum absolute atomic E-state index is 12.3. The van der Waals surface area contributed by atoms with Crippen LogP contribution in [0.15, 0.2) is 30.3 Å². The van der Waals surface area contributed by atoms with Crippen molar-refractivity contribution < 1.29 is 17.9 Å². The van der Waals surface area contributed by atoms with Gasteiger partial charge in [-0.25, -0.2) is 13.1 Å². The number of ether oxygens (including phenoxy) is 1. The molecule has 0 bridgehead atoms. The van der Waals surface area contributed by atoms with Gasteiger partial charge in [-0.15, -0.1) is 0 Å². The van der Waals surface area contributed by atoms with Crippen molar-refractivity contribution in [3.05, 3.63) is 30.3 Å². The minimum atomic E-state index is -3.44. The predicted molar refractivity (Wildman–Crippen MR) is 91.1 cm³/mol. The molecule has 0 radical (unpaired) electrons. The van der Waals surface area contributed by atoms with E-state index in [9.17, 15) is 13.2 Å². The van der Waals surface area contributed by atoms with E-state index in [-0.39, 0.29) is 30.2 Å². The molecule has 24 heavy (non-hydrogen) atoms. The first kappa shape index (κ1) is 17.2. The minimum absolute atomic E-state index is 0.00904. The third-order valence-electron chi connectivity index (χ3n) is 4.73. The highest BCUT2D eigenvalue weighted by Crippen LogP contribution is 2.41. The monoisotopic (exact) mass is 352 g/mol. The number of benzene rings is 1. The molecule has 2 unspecified atom stereocenters. The predicted octanol–water partition coefficient (Wildman–Crippen LogP) is 1.24. The minimum Gasteiger partial charge on any atom is -0.492 e. The lowest BCUT2D eigenvalue weighted by Gasteiger charge is -2.19. The summed E-state index contributed by atoms with van der Waals surface area (Å²) in [6, 6.07) is 8.98. The summed E-state index contributed by atoms with van der Waals surface area (Å²) in [5, 5.41) is 0. The number of hydrogen-bond donors (Lipinski definition) is 1. The summed E-state index contributed by atoms with van der Waals surface area (Å²) in [6.45, 7) is 2.77. The molecule has 1 heterocycles. The van der Waals surface area contributed by atoms with Crippen LogP contribution in [-0.4, -0.2) is 50.7 Å². The van der Waals surface area contributed by atoms with Crippen LogP contribution < -0.4 is 9.46 Å². The van der Waals surface area contributed by atoms with Crippen molar-refractivity contribution in [3.63, 3.8) is 0 Å². The second-order valence-electron chi connectivity index (χ2n) is 6.63. The van der Waals surface area contributed by atoms with E-state index < -0.39 is 10.0 Å². The Labute approximate surface area is 143 Å². The molecule has 1 aliphatic heterocycles. The van der Waals surface area contributed by atoms with Crippen LogP contribution in [0, 0.1) is 11.8 Å². The Kier molecular flexibility index (Phi) is 5.10. The summed E-state index contributed by atoms with van der Waals surface area (Å²) in [4.78, 5) is 13.4. The zero-order chi connectivity index (χ0) is 17.2. The highest BCUT2D eigenvalue weighted by molar-refractivity contribution is 7.89. The van der Waals surface area contributed by atoms with Gasteiger partial charge in [0, 0.05) is 26.1 Å². The van der Waals surface area contributed by atoms with Crippen LogP contribution >= 0.6 is 0 Å². The fraction of sp³-hybridized carbons (Fsp3) is 0.588. The molecule has 1 saturated carbocycles. The van der Waals surface area contributed by atoms with Gasteiger partial charge in [0.25, 0.3) is 0 Å². The normalized spacial score (nSPS) is 24.1. The number of amides is 1. The molecule has 1 aromatic carbocycles. The van der Waals surface area contributed by atoms with Crippen LogP contribution in [0.5, 0.6) is 5.75 Å². The Morgan fingerprint density at radius 1 is 1.25 bits per heavy atom. The van der Waals surface area contributed by atoms with Gasteiger partial charge in [0.2, 0.25) is 15.9 Å². The molecule has 3 rings (SSSR count). The number of carbonyl (C=O) groups excluding carboxylic acids is 1. The zero-order valence-electron chi connectivity index (χ0n) is 13.8. The summed E-state index contributed by atoms with van der Waals surface area (Å²) >= 11 is 0. The van der Waals surface area contributed by atoms with Crippen molar-refractivity contribution in [3.8, 4) is 5.75 Å². The number of sulfonamides is 1. The molecular formula is C17H24N2O4S. The highest BCUT2D eigenvalue weighted by atomic mass is 32.2. The van der Waals surface area contributed by atoms with E-state index >= 15 is 0 Å². The lowest BCUT2D eigenvalue weighted by molar-refractivity contribution is -0.128. The number of likely N-dealkylation sites (tertiary alicyclic amines) is 1.